The molecule has 2 saturated heterocycles. The Kier molecular flexibility index (Phi) is 6.83. The van der Waals surface area contributed by atoms with E-state index in [-0.39, 0.29) is 37.1 Å². The quantitative estimate of drug-likeness (QED) is 0.442. The van der Waals surface area contributed by atoms with E-state index >= 15 is 0 Å². The molecule has 3 heterocycles. The van der Waals surface area contributed by atoms with Gasteiger partial charge in [-0.05, 0) is 52.2 Å². The third-order valence-corrected chi connectivity index (χ3v) is 6.33. The zero-order valence-electron chi connectivity index (χ0n) is 20.5. The van der Waals surface area contributed by atoms with Crippen molar-refractivity contribution in [2.75, 3.05) is 19.7 Å². The van der Waals surface area contributed by atoms with Gasteiger partial charge in [-0.15, -0.1) is 0 Å². The minimum Gasteiger partial charge on any atom is -0.462 e. The standard InChI is InChI=1S/C25H29N3O8/c1-25(2,3)36-24(34)26-12-6-9-18(26)23(33)35-14-13-27-19(29)11-10-17(22(27)32)28-20(30)15-7-4-5-8-16(15)21(28)31/h4-5,7-8,17-18H,6,9-14H2,1-3H3/t17?,18-/m0/s1. The summed E-state index contributed by atoms with van der Waals surface area (Å²) in [4.78, 5) is 79.4. The highest BCUT2D eigenvalue weighted by Crippen LogP contribution is 2.29. The second kappa shape index (κ2) is 9.71. The van der Waals surface area contributed by atoms with Crippen molar-refractivity contribution in [2.24, 2.45) is 0 Å². The van der Waals surface area contributed by atoms with Crippen molar-refractivity contribution in [1.82, 2.24) is 14.7 Å². The Hall–Kier alpha value is -3.76. The van der Waals surface area contributed by atoms with Gasteiger partial charge in [0.2, 0.25) is 5.91 Å². The minimum atomic E-state index is -1.11. The number of benzene rings is 1. The minimum absolute atomic E-state index is 0.0341. The first-order valence-electron chi connectivity index (χ1n) is 12.0. The number of piperidine rings is 1. The summed E-state index contributed by atoms with van der Waals surface area (Å²) in [5.74, 6) is -2.95. The van der Waals surface area contributed by atoms with Crippen molar-refractivity contribution in [1.29, 1.82) is 0 Å². The summed E-state index contributed by atoms with van der Waals surface area (Å²) < 4.78 is 10.7. The van der Waals surface area contributed by atoms with Crippen LogP contribution in [-0.4, -0.2) is 87.8 Å². The lowest BCUT2D eigenvalue weighted by molar-refractivity contribution is -0.157. The second-order valence-electron chi connectivity index (χ2n) is 9.96. The molecule has 3 aliphatic heterocycles. The summed E-state index contributed by atoms with van der Waals surface area (Å²) in [5.41, 5.74) is -0.267. The number of carbonyl (C=O) groups excluding carboxylic acids is 6. The molecule has 2 fully saturated rings. The van der Waals surface area contributed by atoms with Crippen molar-refractivity contribution < 1.29 is 38.2 Å². The van der Waals surface area contributed by atoms with Crippen LogP contribution in [-0.2, 0) is 23.9 Å². The number of carbonyl (C=O) groups is 6. The van der Waals surface area contributed by atoms with Gasteiger partial charge in [-0.1, -0.05) is 12.1 Å². The summed E-state index contributed by atoms with van der Waals surface area (Å²) in [5, 5.41) is 0. The number of amides is 5. The first-order valence-corrected chi connectivity index (χ1v) is 12.0. The normalized spacial score (nSPS) is 22.2. The Morgan fingerprint density at radius 2 is 1.64 bits per heavy atom. The number of hydrogen-bond donors (Lipinski definition) is 0. The SMILES string of the molecule is CC(C)(C)OC(=O)N1CCC[C@H]1C(=O)OCCN1C(=O)CCC(N2C(=O)c3ccccc3C2=O)C1=O. The number of nitrogens with zero attached hydrogens (tertiary/aromatic N) is 3. The monoisotopic (exact) mass is 499 g/mol. The fourth-order valence-electron chi connectivity index (χ4n) is 4.67. The number of likely N-dealkylation sites (tertiary alicyclic amines) is 2. The molecule has 1 unspecified atom stereocenters. The van der Waals surface area contributed by atoms with Gasteiger partial charge in [0.25, 0.3) is 17.7 Å². The van der Waals surface area contributed by atoms with Gasteiger partial charge in [-0.3, -0.25) is 33.9 Å². The molecule has 11 nitrogen and oxygen atoms in total. The molecule has 3 aliphatic rings. The van der Waals surface area contributed by atoms with Crippen LogP contribution < -0.4 is 0 Å². The topological polar surface area (TPSA) is 131 Å². The number of imide groups is 2. The third kappa shape index (κ3) is 4.82. The Morgan fingerprint density at radius 3 is 2.25 bits per heavy atom. The van der Waals surface area contributed by atoms with Crippen LogP contribution >= 0.6 is 0 Å². The molecule has 0 spiro atoms. The summed E-state index contributed by atoms with van der Waals surface area (Å²) in [6.07, 6.45) is 0.428. The van der Waals surface area contributed by atoms with Crippen LogP contribution in [0.2, 0.25) is 0 Å². The second-order valence-corrected chi connectivity index (χ2v) is 9.96. The molecule has 0 aromatic heterocycles. The molecule has 0 saturated carbocycles. The van der Waals surface area contributed by atoms with Crippen LogP contribution in [0.3, 0.4) is 0 Å². The van der Waals surface area contributed by atoms with E-state index < -0.39 is 53.4 Å². The van der Waals surface area contributed by atoms with Gasteiger partial charge in [-0.2, -0.15) is 0 Å². The zero-order chi connectivity index (χ0) is 26.2. The van der Waals surface area contributed by atoms with E-state index in [1.54, 1.807) is 32.9 Å². The van der Waals surface area contributed by atoms with E-state index in [2.05, 4.69) is 0 Å². The molecule has 11 heteroatoms. The summed E-state index contributed by atoms with van der Waals surface area (Å²) in [7, 11) is 0. The Labute approximate surface area is 208 Å². The smallest absolute Gasteiger partial charge is 0.411 e. The van der Waals surface area contributed by atoms with Gasteiger partial charge < -0.3 is 9.47 Å². The maximum absolute atomic E-state index is 13.1. The lowest BCUT2D eigenvalue weighted by atomic mass is 10.0. The summed E-state index contributed by atoms with van der Waals surface area (Å²) in [6.45, 7) is 5.06. The first kappa shape index (κ1) is 25.3. The number of rotatable bonds is 5. The first-order chi connectivity index (χ1) is 17.0. The van der Waals surface area contributed by atoms with Gasteiger partial charge in [0.1, 0.15) is 24.3 Å². The highest BCUT2D eigenvalue weighted by atomic mass is 16.6. The van der Waals surface area contributed by atoms with E-state index in [4.69, 9.17) is 9.47 Å². The molecule has 4 rings (SSSR count). The molecular weight excluding hydrogens is 470 g/mol. The number of fused-ring (bicyclic) bond motifs is 1. The molecule has 0 N–H and O–H groups in total. The maximum atomic E-state index is 13.1. The van der Waals surface area contributed by atoms with E-state index in [1.165, 1.54) is 17.0 Å². The molecule has 0 radical (unpaired) electrons. The van der Waals surface area contributed by atoms with Crippen LogP contribution in [0, 0.1) is 0 Å². The Balaban J connectivity index is 1.36. The highest BCUT2D eigenvalue weighted by Gasteiger charge is 2.47. The van der Waals surface area contributed by atoms with Gasteiger partial charge in [0.15, 0.2) is 0 Å². The Morgan fingerprint density at radius 1 is 1.00 bits per heavy atom. The maximum Gasteiger partial charge on any atom is 0.411 e. The molecule has 2 atom stereocenters. The summed E-state index contributed by atoms with van der Waals surface area (Å²) in [6, 6.07) is 4.40. The molecule has 192 valence electrons. The largest absolute Gasteiger partial charge is 0.462 e. The van der Waals surface area contributed by atoms with Gasteiger partial charge in [0.05, 0.1) is 17.7 Å². The van der Waals surface area contributed by atoms with Crippen LogP contribution in [0.25, 0.3) is 0 Å². The lowest BCUT2D eigenvalue weighted by Crippen LogP contribution is -2.56. The Bertz CT molecular complexity index is 1090. The van der Waals surface area contributed by atoms with Crippen molar-refractivity contribution in [2.45, 2.75) is 64.1 Å². The van der Waals surface area contributed by atoms with Crippen LogP contribution in [0.1, 0.15) is 67.2 Å². The highest BCUT2D eigenvalue weighted by molar-refractivity contribution is 6.23. The van der Waals surface area contributed by atoms with E-state index in [0.29, 0.717) is 19.4 Å². The predicted molar refractivity (Wildman–Crippen MR) is 124 cm³/mol. The fourth-order valence-corrected chi connectivity index (χ4v) is 4.67. The fraction of sp³-hybridized carbons (Fsp3) is 0.520. The van der Waals surface area contributed by atoms with E-state index in [0.717, 1.165) is 9.80 Å². The van der Waals surface area contributed by atoms with Crippen LogP contribution in [0.15, 0.2) is 24.3 Å². The summed E-state index contributed by atoms with van der Waals surface area (Å²) >= 11 is 0. The van der Waals surface area contributed by atoms with Crippen LogP contribution in [0.4, 0.5) is 4.79 Å². The number of hydrogen-bond acceptors (Lipinski definition) is 8. The molecule has 36 heavy (non-hydrogen) atoms. The average molecular weight is 500 g/mol. The number of esters is 1. The van der Waals surface area contributed by atoms with E-state index in [9.17, 15) is 28.8 Å². The van der Waals surface area contributed by atoms with Crippen molar-refractivity contribution in [3.05, 3.63) is 35.4 Å². The zero-order valence-corrected chi connectivity index (χ0v) is 20.5. The van der Waals surface area contributed by atoms with Gasteiger partial charge in [-0.25, -0.2) is 9.59 Å². The number of ether oxygens (including phenoxy) is 2. The van der Waals surface area contributed by atoms with Crippen LogP contribution in [0.5, 0.6) is 0 Å². The van der Waals surface area contributed by atoms with Crippen molar-refractivity contribution in [3.63, 3.8) is 0 Å². The predicted octanol–water partition coefficient (Wildman–Crippen LogP) is 1.74. The molecule has 5 amide bonds. The van der Waals surface area contributed by atoms with Crippen molar-refractivity contribution >= 4 is 35.7 Å². The van der Waals surface area contributed by atoms with E-state index in [1.807, 2.05) is 0 Å². The van der Waals surface area contributed by atoms with Crippen molar-refractivity contribution in [3.8, 4) is 0 Å². The molecule has 1 aromatic carbocycles. The average Bonchev–Trinajstić information content (AvgIpc) is 3.40. The molecule has 0 bridgehead atoms. The molecule has 1 aromatic rings. The lowest BCUT2D eigenvalue weighted by Gasteiger charge is -2.34. The van der Waals surface area contributed by atoms with Gasteiger partial charge >= 0.3 is 12.1 Å². The third-order valence-electron chi connectivity index (χ3n) is 6.33. The molecular formula is C25H29N3O8. The molecule has 0 aliphatic carbocycles. The van der Waals surface area contributed by atoms with Gasteiger partial charge in [0, 0.05) is 13.0 Å².